The zero-order chi connectivity index (χ0) is 27.1. The zero-order valence-corrected chi connectivity index (χ0v) is 21.6. The second-order valence-electron chi connectivity index (χ2n) is 9.78. The van der Waals surface area contributed by atoms with Gasteiger partial charge in [-0.2, -0.15) is 10.5 Å². The molecular weight excluding hydrogens is 480 g/mol. The van der Waals surface area contributed by atoms with E-state index in [0.29, 0.717) is 17.7 Å². The van der Waals surface area contributed by atoms with Crippen molar-refractivity contribution >= 4 is 0 Å². The number of aliphatic hydroxyl groups excluding tert-OH is 1. The molecule has 2 aromatic carbocycles. The Balaban J connectivity index is 1.85. The summed E-state index contributed by atoms with van der Waals surface area (Å²) >= 11 is 0. The molecule has 38 heavy (non-hydrogen) atoms. The molecule has 5 rings (SSSR count). The Labute approximate surface area is 222 Å². The lowest BCUT2D eigenvalue weighted by Crippen LogP contribution is -2.52. The van der Waals surface area contributed by atoms with Crippen molar-refractivity contribution in [1.82, 2.24) is 9.88 Å². The summed E-state index contributed by atoms with van der Waals surface area (Å²) in [4.78, 5) is 6.52. The molecule has 2 N–H and O–H groups in total. The van der Waals surface area contributed by atoms with Crippen LogP contribution in [0.4, 0.5) is 0 Å². The second kappa shape index (κ2) is 9.74. The zero-order valence-electron chi connectivity index (χ0n) is 21.6. The number of methoxy groups -OCH3 is 1. The summed E-state index contributed by atoms with van der Waals surface area (Å²) in [5, 5.41) is 44.0. The molecule has 5 unspecified atom stereocenters. The maximum absolute atomic E-state index is 12.9. The minimum Gasteiger partial charge on any atom is -0.481 e. The Morgan fingerprint density at radius 1 is 1.05 bits per heavy atom. The SMILES string of the molecule is CCN(CC)CC1C(O)C2(O)c3c(cc(C#N)nc3OC)OC2(c2ccc(C#N)cc2)C1c1ccccc1. The molecule has 0 bridgehead atoms. The van der Waals surface area contributed by atoms with Crippen LogP contribution in [0.15, 0.2) is 60.7 Å². The van der Waals surface area contributed by atoms with E-state index in [1.165, 1.54) is 13.2 Å². The van der Waals surface area contributed by atoms with E-state index in [-0.39, 0.29) is 22.9 Å². The smallest absolute Gasteiger partial charge is 0.224 e. The molecule has 194 valence electrons. The van der Waals surface area contributed by atoms with Crippen LogP contribution in [-0.2, 0) is 11.2 Å². The molecule has 1 saturated carbocycles. The third kappa shape index (κ3) is 3.49. The normalized spacial score (nSPS) is 27.2. The van der Waals surface area contributed by atoms with Crippen molar-refractivity contribution < 1.29 is 19.7 Å². The Morgan fingerprint density at radius 2 is 1.74 bits per heavy atom. The van der Waals surface area contributed by atoms with Gasteiger partial charge in [-0.05, 0) is 36.3 Å². The van der Waals surface area contributed by atoms with E-state index >= 15 is 0 Å². The van der Waals surface area contributed by atoms with Gasteiger partial charge in [-0.25, -0.2) is 4.98 Å². The maximum Gasteiger partial charge on any atom is 0.224 e. The van der Waals surface area contributed by atoms with Gasteiger partial charge >= 0.3 is 0 Å². The first-order valence-corrected chi connectivity index (χ1v) is 12.8. The fourth-order valence-electron chi connectivity index (χ4n) is 6.41. The molecule has 0 spiro atoms. The molecule has 1 aromatic heterocycles. The number of ether oxygens (including phenoxy) is 2. The van der Waals surface area contributed by atoms with Crippen LogP contribution in [0.2, 0.25) is 0 Å². The standard InChI is InChI=1S/C30H30N4O4/c1-4-34(5-2)18-23-25(20-9-7-6-8-10-20)30(21-13-11-19(16-31)12-14-21)29(36,27(23)35)26-24(38-30)15-22(17-32)33-28(26)37-3/h6-15,23,25,27,35-36H,4-5,18H2,1-3H3. The van der Waals surface area contributed by atoms with Gasteiger partial charge in [0.05, 0.1) is 30.4 Å². The predicted molar refractivity (Wildman–Crippen MR) is 139 cm³/mol. The van der Waals surface area contributed by atoms with E-state index in [1.54, 1.807) is 24.3 Å². The molecule has 0 radical (unpaired) electrons. The van der Waals surface area contributed by atoms with E-state index in [9.17, 15) is 20.7 Å². The quantitative estimate of drug-likeness (QED) is 0.496. The minimum absolute atomic E-state index is 0.0337. The predicted octanol–water partition coefficient (Wildman–Crippen LogP) is 3.43. The Kier molecular flexibility index (Phi) is 6.58. The van der Waals surface area contributed by atoms with E-state index in [0.717, 1.165) is 18.7 Å². The van der Waals surface area contributed by atoms with Gasteiger partial charge in [-0.15, -0.1) is 0 Å². The monoisotopic (exact) mass is 510 g/mol. The summed E-state index contributed by atoms with van der Waals surface area (Å²) in [6, 6.07) is 22.3. The lowest BCUT2D eigenvalue weighted by Gasteiger charge is -2.41. The van der Waals surface area contributed by atoms with Crippen LogP contribution in [0.5, 0.6) is 11.6 Å². The van der Waals surface area contributed by atoms with Crippen LogP contribution < -0.4 is 9.47 Å². The molecule has 2 aliphatic rings. The third-order valence-corrected chi connectivity index (χ3v) is 8.14. The molecule has 3 aromatic rings. The fraction of sp³-hybridized carbons (Fsp3) is 0.367. The van der Waals surface area contributed by atoms with Gasteiger partial charge < -0.3 is 24.6 Å². The minimum atomic E-state index is -1.97. The molecule has 2 heterocycles. The first-order chi connectivity index (χ1) is 18.4. The number of benzene rings is 2. The highest BCUT2D eigenvalue weighted by atomic mass is 16.5. The average molecular weight is 511 g/mol. The van der Waals surface area contributed by atoms with Gasteiger partial charge in [0, 0.05) is 24.4 Å². The number of hydrogen-bond acceptors (Lipinski definition) is 8. The molecule has 1 aliphatic heterocycles. The van der Waals surface area contributed by atoms with Gasteiger partial charge in [0.25, 0.3) is 0 Å². The van der Waals surface area contributed by atoms with Crippen LogP contribution in [0.3, 0.4) is 0 Å². The van der Waals surface area contributed by atoms with E-state index in [1.807, 2.05) is 36.4 Å². The summed E-state index contributed by atoms with van der Waals surface area (Å²) in [5.41, 5.74) is -1.21. The van der Waals surface area contributed by atoms with E-state index in [4.69, 9.17) is 9.47 Å². The molecule has 0 amide bonds. The Hall–Kier alpha value is -3.95. The van der Waals surface area contributed by atoms with Gasteiger partial charge in [0.1, 0.15) is 17.5 Å². The number of rotatable bonds is 7. The first kappa shape index (κ1) is 25.7. The molecule has 5 atom stereocenters. The van der Waals surface area contributed by atoms with Crippen LogP contribution >= 0.6 is 0 Å². The van der Waals surface area contributed by atoms with Crippen molar-refractivity contribution in [2.75, 3.05) is 26.7 Å². The summed E-state index contributed by atoms with van der Waals surface area (Å²) in [5.74, 6) is -0.667. The van der Waals surface area contributed by atoms with Gasteiger partial charge in [-0.1, -0.05) is 56.3 Å². The van der Waals surface area contributed by atoms with E-state index < -0.39 is 29.1 Å². The Bertz CT molecular complexity index is 1410. The van der Waals surface area contributed by atoms with Crippen LogP contribution in [0.1, 0.15) is 47.7 Å². The maximum atomic E-state index is 12.9. The molecule has 8 nitrogen and oxygen atoms in total. The largest absolute Gasteiger partial charge is 0.481 e. The highest BCUT2D eigenvalue weighted by molar-refractivity contribution is 5.60. The van der Waals surface area contributed by atoms with Crippen molar-refractivity contribution in [2.24, 2.45) is 5.92 Å². The highest BCUT2D eigenvalue weighted by Gasteiger charge is 2.77. The first-order valence-electron chi connectivity index (χ1n) is 12.8. The van der Waals surface area contributed by atoms with Crippen molar-refractivity contribution in [3.05, 3.63) is 88.6 Å². The van der Waals surface area contributed by atoms with Gasteiger partial charge in [-0.3, -0.25) is 0 Å². The summed E-state index contributed by atoms with van der Waals surface area (Å²) in [7, 11) is 1.41. The molecule has 1 aliphatic carbocycles. The van der Waals surface area contributed by atoms with Crippen molar-refractivity contribution in [3.8, 4) is 23.8 Å². The number of pyridine rings is 1. The number of aliphatic hydroxyl groups is 2. The number of hydrogen-bond donors (Lipinski definition) is 2. The van der Waals surface area contributed by atoms with Crippen molar-refractivity contribution in [2.45, 2.75) is 37.1 Å². The lowest BCUT2D eigenvalue weighted by atomic mass is 9.70. The van der Waals surface area contributed by atoms with Gasteiger partial charge in [0.2, 0.25) is 5.88 Å². The Morgan fingerprint density at radius 3 is 2.32 bits per heavy atom. The van der Waals surface area contributed by atoms with Gasteiger partial charge in [0.15, 0.2) is 11.2 Å². The number of fused-ring (bicyclic) bond motifs is 3. The molecule has 8 heteroatoms. The number of nitrogens with zero attached hydrogens (tertiary/aromatic N) is 4. The topological polar surface area (TPSA) is 123 Å². The summed E-state index contributed by atoms with van der Waals surface area (Å²) in [6.45, 7) is 6.19. The fourth-order valence-corrected chi connectivity index (χ4v) is 6.41. The highest BCUT2D eigenvalue weighted by Crippen LogP contribution is 2.69. The lowest BCUT2D eigenvalue weighted by molar-refractivity contribution is -0.152. The molecular formula is C30H30N4O4. The van der Waals surface area contributed by atoms with Crippen LogP contribution in [-0.4, -0.2) is 52.9 Å². The molecule has 0 saturated heterocycles. The summed E-state index contributed by atoms with van der Waals surface area (Å²) < 4.78 is 12.4. The van der Waals surface area contributed by atoms with Crippen molar-refractivity contribution in [3.63, 3.8) is 0 Å². The van der Waals surface area contributed by atoms with Crippen LogP contribution in [0, 0.1) is 28.6 Å². The average Bonchev–Trinajstić information content (AvgIpc) is 3.33. The number of nitriles is 2. The molecule has 1 fully saturated rings. The number of aromatic nitrogens is 1. The van der Waals surface area contributed by atoms with Crippen LogP contribution in [0.25, 0.3) is 0 Å². The summed E-state index contributed by atoms with van der Waals surface area (Å²) in [6.07, 6.45) is -1.27. The third-order valence-electron chi connectivity index (χ3n) is 8.14. The second-order valence-corrected chi connectivity index (χ2v) is 9.78. The van der Waals surface area contributed by atoms with E-state index in [2.05, 4.69) is 29.8 Å². The van der Waals surface area contributed by atoms with Crippen molar-refractivity contribution in [1.29, 1.82) is 10.5 Å².